The maximum Gasteiger partial charge on any atom is 0.0482 e. The second-order valence-electron chi connectivity index (χ2n) is 5.63. The van der Waals surface area contributed by atoms with E-state index in [0.717, 1.165) is 11.4 Å². The Balaban J connectivity index is 1.66. The van der Waals surface area contributed by atoms with E-state index in [1.165, 1.54) is 61.8 Å². The average molecular weight is 289 g/mol. The second kappa shape index (κ2) is 6.55. The Bertz CT molecular complexity index is 576. The minimum Gasteiger partial charge on any atom is -0.303 e. The van der Waals surface area contributed by atoms with Crippen molar-refractivity contribution in [1.82, 2.24) is 9.88 Å². The summed E-state index contributed by atoms with van der Waals surface area (Å²) in [5.74, 6) is 0. The zero-order valence-corrected chi connectivity index (χ0v) is 12.6. The first-order valence-electron chi connectivity index (χ1n) is 7.58. The molecule has 20 heavy (non-hydrogen) atoms. The fraction of sp³-hybridized carbons (Fsp3) is 0.471. The van der Waals surface area contributed by atoms with Gasteiger partial charge in [-0.1, -0.05) is 24.1 Å². The van der Waals surface area contributed by atoms with E-state index in [1.807, 2.05) is 18.3 Å². The van der Waals surface area contributed by atoms with E-state index in [2.05, 4.69) is 22.0 Å². The molecule has 0 N–H and O–H groups in total. The Morgan fingerprint density at radius 1 is 1.10 bits per heavy atom. The number of halogens is 1. The molecule has 1 aromatic carbocycles. The molecule has 0 saturated carbocycles. The SMILES string of the molecule is Clc1ccc2ccnc(CCCN3CCCCC3)c2c1. The summed E-state index contributed by atoms with van der Waals surface area (Å²) in [5, 5.41) is 3.23. The van der Waals surface area contributed by atoms with Crippen LogP contribution in [0.5, 0.6) is 0 Å². The summed E-state index contributed by atoms with van der Waals surface area (Å²) in [6.07, 6.45) is 8.25. The molecule has 0 unspecified atom stereocenters. The normalized spacial score (nSPS) is 16.6. The molecule has 2 heterocycles. The maximum absolute atomic E-state index is 6.11. The highest BCUT2D eigenvalue weighted by molar-refractivity contribution is 6.31. The highest BCUT2D eigenvalue weighted by Gasteiger charge is 2.10. The Hall–Kier alpha value is -1.12. The van der Waals surface area contributed by atoms with E-state index in [4.69, 9.17) is 11.6 Å². The molecule has 3 rings (SSSR count). The predicted octanol–water partition coefficient (Wildman–Crippen LogP) is 4.31. The first-order valence-corrected chi connectivity index (χ1v) is 7.96. The van der Waals surface area contributed by atoms with Gasteiger partial charge in [-0.2, -0.15) is 0 Å². The van der Waals surface area contributed by atoms with E-state index in [9.17, 15) is 0 Å². The van der Waals surface area contributed by atoms with Gasteiger partial charge in [-0.15, -0.1) is 0 Å². The number of likely N-dealkylation sites (tertiary alicyclic amines) is 1. The van der Waals surface area contributed by atoms with Crippen LogP contribution < -0.4 is 0 Å². The topological polar surface area (TPSA) is 16.1 Å². The van der Waals surface area contributed by atoms with E-state index in [1.54, 1.807) is 0 Å². The van der Waals surface area contributed by atoms with Gasteiger partial charge in [0.1, 0.15) is 0 Å². The molecular weight excluding hydrogens is 268 g/mol. The van der Waals surface area contributed by atoms with Gasteiger partial charge in [-0.3, -0.25) is 4.98 Å². The van der Waals surface area contributed by atoms with Crippen LogP contribution in [0.4, 0.5) is 0 Å². The quantitative estimate of drug-likeness (QED) is 0.833. The summed E-state index contributed by atoms with van der Waals surface area (Å²) in [5.41, 5.74) is 1.18. The molecule has 3 heteroatoms. The first-order chi connectivity index (χ1) is 9.83. The second-order valence-corrected chi connectivity index (χ2v) is 6.07. The molecule has 0 atom stereocenters. The predicted molar refractivity (Wildman–Crippen MR) is 85.4 cm³/mol. The first kappa shape index (κ1) is 13.8. The largest absolute Gasteiger partial charge is 0.303 e. The van der Waals surface area contributed by atoms with E-state index >= 15 is 0 Å². The number of benzene rings is 1. The van der Waals surface area contributed by atoms with Crippen LogP contribution in [0.3, 0.4) is 0 Å². The number of fused-ring (bicyclic) bond motifs is 1. The van der Waals surface area contributed by atoms with E-state index in [-0.39, 0.29) is 0 Å². The molecule has 106 valence electrons. The summed E-state index contributed by atoms with van der Waals surface area (Å²) in [4.78, 5) is 7.14. The lowest BCUT2D eigenvalue weighted by Crippen LogP contribution is -2.30. The van der Waals surface area contributed by atoms with Crippen LogP contribution in [-0.2, 0) is 6.42 Å². The number of pyridine rings is 1. The molecule has 2 nitrogen and oxygen atoms in total. The standard InChI is InChI=1S/C17H21ClN2/c18-15-7-6-14-8-9-19-17(16(14)13-15)5-4-12-20-10-2-1-3-11-20/h6-9,13H,1-5,10-12H2. The molecule has 1 aromatic heterocycles. The Morgan fingerprint density at radius 3 is 2.80 bits per heavy atom. The maximum atomic E-state index is 6.11. The molecule has 0 bridgehead atoms. The zero-order valence-electron chi connectivity index (χ0n) is 11.8. The van der Waals surface area contributed by atoms with Crippen LogP contribution in [0, 0.1) is 0 Å². The van der Waals surface area contributed by atoms with Gasteiger partial charge in [0, 0.05) is 22.3 Å². The van der Waals surface area contributed by atoms with Crippen LogP contribution in [0.15, 0.2) is 30.5 Å². The van der Waals surface area contributed by atoms with Crippen LogP contribution >= 0.6 is 11.6 Å². The van der Waals surface area contributed by atoms with Gasteiger partial charge in [0.2, 0.25) is 0 Å². The molecular formula is C17H21ClN2. The van der Waals surface area contributed by atoms with Crippen molar-refractivity contribution in [1.29, 1.82) is 0 Å². The van der Waals surface area contributed by atoms with Crippen LogP contribution in [0.1, 0.15) is 31.4 Å². The fourth-order valence-electron chi connectivity index (χ4n) is 3.05. The summed E-state index contributed by atoms with van der Waals surface area (Å²) < 4.78 is 0. The number of aromatic nitrogens is 1. The van der Waals surface area contributed by atoms with Crippen molar-refractivity contribution in [3.63, 3.8) is 0 Å². The van der Waals surface area contributed by atoms with Crippen LogP contribution in [0.2, 0.25) is 5.02 Å². The van der Waals surface area contributed by atoms with Gasteiger partial charge in [-0.25, -0.2) is 0 Å². The van der Waals surface area contributed by atoms with Gasteiger partial charge in [-0.05, 0) is 68.9 Å². The van der Waals surface area contributed by atoms with Gasteiger partial charge in [0.25, 0.3) is 0 Å². The lowest BCUT2D eigenvalue weighted by molar-refractivity contribution is 0.226. The molecule has 1 fully saturated rings. The van der Waals surface area contributed by atoms with Crippen molar-refractivity contribution >= 4 is 22.4 Å². The Labute approximate surface area is 125 Å². The Kier molecular flexibility index (Phi) is 4.54. The summed E-state index contributed by atoms with van der Waals surface area (Å²) in [6, 6.07) is 8.12. The lowest BCUT2D eigenvalue weighted by atomic mass is 10.1. The van der Waals surface area contributed by atoms with E-state index in [0.29, 0.717) is 0 Å². The number of rotatable bonds is 4. The monoisotopic (exact) mass is 288 g/mol. The third-order valence-electron chi connectivity index (χ3n) is 4.15. The third kappa shape index (κ3) is 3.31. The van der Waals surface area contributed by atoms with Crippen molar-refractivity contribution in [3.05, 3.63) is 41.2 Å². The molecule has 1 aliphatic rings. The molecule has 2 aromatic rings. The molecule has 0 amide bonds. The van der Waals surface area contributed by atoms with Crippen molar-refractivity contribution < 1.29 is 0 Å². The molecule has 0 aliphatic carbocycles. The van der Waals surface area contributed by atoms with Crippen LogP contribution in [-0.4, -0.2) is 29.5 Å². The highest BCUT2D eigenvalue weighted by Crippen LogP contribution is 2.22. The van der Waals surface area contributed by atoms with Gasteiger partial charge >= 0.3 is 0 Å². The highest BCUT2D eigenvalue weighted by atomic mass is 35.5. The smallest absolute Gasteiger partial charge is 0.0482 e. The number of nitrogens with zero attached hydrogens (tertiary/aromatic N) is 2. The van der Waals surface area contributed by atoms with Crippen molar-refractivity contribution in [3.8, 4) is 0 Å². The zero-order chi connectivity index (χ0) is 13.8. The molecule has 1 aliphatic heterocycles. The van der Waals surface area contributed by atoms with Crippen molar-refractivity contribution in [2.45, 2.75) is 32.1 Å². The summed E-state index contributed by atoms with van der Waals surface area (Å²) >= 11 is 6.11. The number of aryl methyl sites for hydroxylation is 1. The minimum atomic E-state index is 0.794. The average Bonchev–Trinajstić information content (AvgIpc) is 2.49. The fourth-order valence-corrected chi connectivity index (χ4v) is 3.23. The number of piperidine rings is 1. The third-order valence-corrected chi connectivity index (χ3v) is 4.38. The summed E-state index contributed by atoms with van der Waals surface area (Å²) in [6.45, 7) is 3.74. The van der Waals surface area contributed by atoms with Crippen molar-refractivity contribution in [2.75, 3.05) is 19.6 Å². The minimum absolute atomic E-state index is 0.794. The molecule has 0 spiro atoms. The molecule has 0 radical (unpaired) electrons. The number of hydrogen-bond acceptors (Lipinski definition) is 2. The van der Waals surface area contributed by atoms with Crippen molar-refractivity contribution in [2.24, 2.45) is 0 Å². The van der Waals surface area contributed by atoms with Gasteiger partial charge in [0.15, 0.2) is 0 Å². The van der Waals surface area contributed by atoms with Gasteiger partial charge in [0.05, 0.1) is 0 Å². The van der Waals surface area contributed by atoms with E-state index < -0.39 is 0 Å². The van der Waals surface area contributed by atoms with Gasteiger partial charge < -0.3 is 4.90 Å². The lowest BCUT2D eigenvalue weighted by Gasteiger charge is -2.26. The van der Waals surface area contributed by atoms with Crippen LogP contribution in [0.25, 0.3) is 10.8 Å². The number of hydrogen-bond donors (Lipinski definition) is 0. The molecule has 1 saturated heterocycles. The Morgan fingerprint density at radius 2 is 1.95 bits per heavy atom. The summed E-state index contributed by atoms with van der Waals surface area (Å²) in [7, 11) is 0.